The molecule has 0 saturated heterocycles. The van der Waals surface area contributed by atoms with Gasteiger partial charge in [-0.15, -0.1) is 0 Å². The van der Waals surface area contributed by atoms with Gasteiger partial charge in [-0.25, -0.2) is 0 Å². The number of aryl methyl sites for hydroxylation is 2. The molecule has 0 atom stereocenters. The third-order valence-electron chi connectivity index (χ3n) is 4.52. The van der Waals surface area contributed by atoms with Crippen LogP contribution in [0.1, 0.15) is 16.7 Å². The Morgan fingerprint density at radius 1 is 0.933 bits per heavy atom. The van der Waals surface area contributed by atoms with Crippen molar-refractivity contribution < 1.29 is 14.3 Å². The minimum Gasteiger partial charge on any atom is -0.493 e. The van der Waals surface area contributed by atoms with E-state index in [-0.39, 0.29) is 12.5 Å². The van der Waals surface area contributed by atoms with Crippen molar-refractivity contribution in [3.05, 3.63) is 81.8 Å². The first-order valence-corrected chi connectivity index (χ1v) is 10.4. The van der Waals surface area contributed by atoms with Gasteiger partial charge in [-0.05, 0) is 71.7 Å². The van der Waals surface area contributed by atoms with Gasteiger partial charge in [-0.1, -0.05) is 35.4 Å². The summed E-state index contributed by atoms with van der Waals surface area (Å²) in [5.41, 5.74) is 5.16. The van der Waals surface area contributed by atoms with Crippen molar-refractivity contribution in [3.8, 4) is 11.5 Å². The molecule has 0 saturated carbocycles. The Morgan fingerprint density at radius 3 is 2.13 bits per heavy atom. The first-order chi connectivity index (χ1) is 14.4. The van der Waals surface area contributed by atoms with Crippen LogP contribution in [0, 0.1) is 13.8 Å². The number of amides is 1. The molecule has 0 unspecified atom stereocenters. The second-order valence-electron chi connectivity index (χ2n) is 7.03. The van der Waals surface area contributed by atoms with Gasteiger partial charge in [0.05, 0.1) is 11.6 Å². The molecule has 5 nitrogen and oxygen atoms in total. The fraction of sp³-hybridized carbons (Fsp3) is 0.208. The van der Waals surface area contributed by atoms with Gasteiger partial charge in [0.25, 0.3) is 5.91 Å². The summed E-state index contributed by atoms with van der Waals surface area (Å²) in [4.78, 5) is 12.2. The van der Waals surface area contributed by atoms with Gasteiger partial charge in [0, 0.05) is 17.9 Å². The minimum absolute atomic E-state index is 0.121. The molecule has 30 heavy (non-hydrogen) atoms. The van der Waals surface area contributed by atoms with Gasteiger partial charge in [-0.3, -0.25) is 4.79 Å². The summed E-state index contributed by atoms with van der Waals surface area (Å²) in [6, 6.07) is 19.7. The Labute approximate surface area is 185 Å². The molecule has 0 aliphatic carbocycles. The van der Waals surface area contributed by atoms with Crippen LogP contribution >= 0.6 is 15.9 Å². The van der Waals surface area contributed by atoms with E-state index in [9.17, 15) is 4.79 Å². The van der Waals surface area contributed by atoms with Crippen molar-refractivity contribution in [1.29, 1.82) is 0 Å². The lowest BCUT2D eigenvalue weighted by molar-refractivity contribution is -0.118. The highest BCUT2D eigenvalue weighted by molar-refractivity contribution is 9.10. The van der Waals surface area contributed by atoms with Gasteiger partial charge in [0.1, 0.15) is 0 Å². The maximum atomic E-state index is 12.2. The van der Waals surface area contributed by atoms with E-state index in [1.54, 1.807) is 7.11 Å². The van der Waals surface area contributed by atoms with Crippen LogP contribution in [0.3, 0.4) is 0 Å². The van der Waals surface area contributed by atoms with E-state index in [4.69, 9.17) is 9.47 Å². The average molecular weight is 469 g/mol. The number of methoxy groups -OCH3 is 1. The molecular formula is C24H25BrN2O3. The number of hydrogen-bond acceptors (Lipinski definition) is 4. The summed E-state index contributed by atoms with van der Waals surface area (Å²) in [5.74, 6) is 0.821. The number of ether oxygens (including phenoxy) is 2. The lowest BCUT2D eigenvalue weighted by atomic mass is 10.2. The summed E-state index contributed by atoms with van der Waals surface area (Å²) >= 11 is 3.54. The number of carbonyl (C=O) groups excluding carboxylic acids is 1. The highest BCUT2D eigenvalue weighted by atomic mass is 79.9. The third-order valence-corrected chi connectivity index (χ3v) is 5.11. The number of nitrogens with one attached hydrogen (secondary N) is 2. The van der Waals surface area contributed by atoms with Gasteiger partial charge < -0.3 is 20.1 Å². The van der Waals surface area contributed by atoms with E-state index >= 15 is 0 Å². The number of hydrogen-bond donors (Lipinski definition) is 2. The topological polar surface area (TPSA) is 59.6 Å². The first-order valence-electron chi connectivity index (χ1n) is 9.61. The lowest BCUT2D eigenvalue weighted by Gasteiger charge is -2.15. The van der Waals surface area contributed by atoms with E-state index in [1.165, 1.54) is 5.56 Å². The minimum atomic E-state index is -0.238. The Kier molecular flexibility index (Phi) is 7.36. The van der Waals surface area contributed by atoms with E-state index in [1.807, 2.05) is 55.5 Å². The van der Waals surface area contributed by atoms with Crippen molar-refractivity contribution in [1.82, 2.24) is 0 Å². The Bertz CT molecular complexity index is 1000. The number of benzene rings is 3. The first kappa shape index (κ1) is 21.7. The normalized spacial score (nSPS) is 10.4. The molecule has 3 aromatic rings. The van der Waals surface area contributed by atoms with Crippen LogP contribution in [-0.2, 0) is 11.3 Å². The van der Waals surface area contributed by atoms with Crippen molar-refractivity contribution in [2.45, 2.75) is 20.4 Å². The molecule has 0 bridgehead atoms. The Balaban J connectivity index is 1.62. The SMILES string of the molecule is COc1cc(CNc2ccc(C)cc2)cc(Br)c1OCC(=O)Nc1ccc(C)cc1. The van der Waals surface area contributed by atoms with Crippen LogP contribution in [0.2, 0.25) is 0 Å². The quantitative estimate of drug-likeness (QED) is 0.444. The zero-order valence-corrected chi connectivity index (χ0v) is 18.9. The van der Waals surface area contributed by atoms with Crippen LogP contribution in [-0.4, -0.2) is 19.6 Å². The molecule has 6 heteroatoms. The zero-order valence-electron chi connectivity index (χ0n) is 17.3. The van der Waals surface area contributed by atoms with E-state index < -0.39 is 0 Å². The third kappa shape index (κ3) is 6.00. The van der Waals surface area contributed by atoms with Crippen molar-refractivity contribution in [3.63, 3.8) is 0 Å². The Morgan fingerprint density at radius 2 is 1.53 bits per heavy atom. The smallest absolute Gasteiger partial charge is 0.262 e. The number of anilines is 2. The second-order valence-corrected chi connectivity index (χ2v) is 7.89. The fourth-order valence-electron chi connectivity index (χ4n) is 2.86. The molecule has 0 aromatic heterocycles. The highest BCUT2D eigenvalue weighted by Gasteiger charge is 2.14. The maximum Gasteiger partial charge on any atom is 0.262 e. The number of carbonyl (C=O) groups is 1. The lowest BCUT2D eigenvalue weighted by Crippen LogP contribution is -2.20. The fourth-order valence-corrected chi connectivity index (χ4v) is 3.47. The summed E-state index contributed by atoms with van der Waals surface area (Å²) in [5, 5.41) is 6.21. The van der Waals surface area contributed by atoms with Crippen LogP contribution in [0.25, 0.3) is 0 Å². The molecule has 0 aliphatic heterocycles. The summed E-state index contributed by atoms with van der Waals surface area (Å²) in [6.07, 6.45) is 0. The van der Waals surface area contributed by atoms with Crippen LogP contribution in [0.15, 0.2) is 65.1 Å². The molecule has 2 N–H and O–H groups in total. The summed E-state index contributed by atoms with van der Waals surface area (Å²) < 4.78 is 12.0. The van der Waals surface area contributed by atoms with Gasteiger partial charge in [0.15, 0.2) is 18.1 Å². The second kappa shape index (κ2) is 10.2. The van der Waals surface area contributed by atoms with Gasteiger partial charge in [0.2, 0.25) is 0 Å². The van der Waals surface area contributed by atoms with Crippen molar-refractivity contribution >= 4 is 33.2 Å². The van der Waals surface area contributed by atoms with Crippen LogP contribution in [0.4, 0.5) is 11.4 Å². The van der Waals surface area contributed by atoms with Crippen LogP contribution in [0.5, 0.6) is 11.5 Å². The zero-order chi connectivity index (χ0) is 21.5. The highest BCUT2D eigenvalue weighted by Crippen LogP contribution is 2.37. The molecule has 156 valence electrons. The van der Waals surface area contributed by atoms with E-state index in [2.05, 4.69) is 45.6 Å². The largest absolute Gasteiger partial charge is 0.493 e. The Hall–Kier alpha value is -2.99. The van der Waals surface area contributed by atoms with E-state index in [0.29, 0.717) is 18.0 Å². The molecule has 3 aromatic carbocycles. The molecular weight excluding hydrogens is 444 g/mol. The molecule has 0 radical (unpaired) electrons. The maximum absolute atomic E-state index is 12.2. The van der Waals surface area contributed by atoms with Gasteiger partial charge >= 0.3 is 0 Å². The van der Waals surface area contributed by atoms with Crippen molar-refractivity contribution in [2.24, 2.45) is 0 Å². The predicted molar refractivity (Wildman–Crippen MR) is 125 cm³/mol. The average Bonchev–Trinajstić information content (AvgIpc) is 2.74. The molecule has 0 aliphatic rings. The molecule has 1 amide bonds. The summed E-state index contributed by atoms with van der Waals surface area (Å²) in [6.45, 7) is 4.57. The summed E-state index contributed by atoms with van der Waals surface area (Å²) in [7, 11) is 1.58. The molecule has 0 fully saturated rings. The van der Waals surface area contributed by atoms with Gasteiger partial charge in [-0.2, -0.15) is 0 Å². The molecule has 0 spiro atoms. The monoisotopic (exact) mass is 468 g/mol. The predicted octanol–water partition coefficient (Wildman–Crippen LogP) is 5.70. The molecule has 0 heterocycles. The number of halogens is 1. The standard InChI is InChI=1S/C24H25BrN2O3/c1-16-4-8-19(9-5-16)26-14-18-12-21(25)24(22(13-18)29-3)30-15-23(28)27-20-10-6-17(2)7-11-20/h4-13,26H,14-15H2,1-3H3,(H,27,28). The van der Waals surface area contributed by atoms with Crippen LogP contribution < -0.4 is 20.1 Å². The van der Waals surface area contributed by atoms with E-state index in [0.717, 1.165) is 27.0 Å². The molecule has 3 rings (SSSR count). The van der Waals surface area contributed by atoms with Crippen molar-refractivity contribution in [2.75, 3.05) is 24.4 Å². The number of rotatable bonds is 8.